The van der Waals surface area contributed by atoms with E-state index in [4.69, 9.17) is 9.47 Å². The molecule has 0 spiro atoms. The zero-order valence-electron chi connectivity index (χ0n) is 13.5. The van der Waals surface area contributed by atoms with E-state index < -0.39 is 0 Å². The van der Waals surface area contributed by atoms with Crippen molar-refractivity contribution in [2.75, 3.05) is 0 Å². The van der Waals surface area contributed by atoms with E-state index in [1.54, 1.807) is 0 Å². The normalized spacial score (nSPS) is 29.0. The van der Waals surface area contributed by atoms with Gasteiger partial charge in [-0.15, -0.1) is 0 Å². The molecule has 4 unspecified atom stereocenters. The summed E-state index contributed by atoms with van der Waals surface area (Å²) in [5, 5.41) is 0. The molecule has 0 amide bonds. The molecule has 0 saturated heterocycles. The highest BCUT2D eigenvalue weighted by Crippen LogP contribution is 2.50. The van der Waals surface area contributed by atoms with E-state index in [9.17, 15) is 0 Å². The Labute approximate surface area is 128 Å². The van der Waals surface area contributed by atoms with Crippen molar-refractivity contribution in [1.82, 2.24) is 0 Å². The van der Waals surface area contributed by atoms with Crippen molar-refractivity contribution in [3.63, 3.8) is 0 Å². The van der Waals surface area contributed by atoms with E-state index in [0.717, 1.165) is 24.0 Å². The predicted molar refractivity (Wildman–Crippen MR) is 85.4 cm³/mol. The SMILES string of the molecule is CCc1ccc(OC(OC(C)C)C2CC3CCC2C3)cc1. The van der Waals surface area contributed by atoms with Crippen LogP contribution in [0.25, 0.3) is 0 Å². The van der Waals surface area contributed by atoms with Crippen LogP contribution in [0.1, 0.15) is 52.0 Å². The fraction of sp³-hybridized carbons (Fsp3) is 0.684. The van der Waals surface area contributed by atoms with Crippen LogP contribution < -0.4 is 4.74 Å². The van der Waals surface area contributed by atoms with Gasteiger partial charge >= 0.3 is 0 Å². The Balaban J connectivity index is 1.69. The second-order valence-electron chi connectivity index (χ2n) is 7.01. The van der Waals surface area contributed by atoms with Gasteiger partial charge in [-0.1, -0.05) is 25.5 Å². The standard InChI is InChI=1S/C19H28O2/c1-4-14-6-9-17(10-7-14)21-19(20-13(2)3)18-12-15-5-8-16(18)11-15/h6-7,9-10,13,15-16,18-19H,4-5,8,11-12H2,1-3H3. The summed E-state index contributed by atoms with van der Waals surface area (Å²) in [5.41, 5.74) is 1.35. The molecular weight excluding hydrogens is 260 g/mol. The summed E-state index contributed by atoms with van der Waals surface area (Å²) in [4.78, 5) is 0. The van der Waals surface area contributed by atoms with Crippen LogP contribution in [-0.4, -0.2) is 12.4 Å². The number of benzene rings is 1. The van der Waals surface area contributed by atoms with Crippen molar-refractivity contribution in [2.24, 2.45) is 17.8 Å². The van der Waals surface area contributed by atoms with Crippen molar-refractivity contribution in [1.29, 1.82) is 0 Å². The molecule has 1 aromatic rings. The number of hydrogen-bond acceptors (Lipinski definition) is 2. The molecule has 116 valence electrons. The number of aryl methyl sites for hydroxylation is 1. The van der Waals surface area contributed by atoms with E-state index >= 15 is 0 Å². The molecule has 2 bridgehead atoms. The summed E-state index contributed by atoms with van der Waals surface area (Å²) in [5.74, 6) is 3.26. The number of fused-ring (bicyclic) bond motifs is 2. The van der Waals surface area contributed by atoms with Gasteiger partial charge in [0.05, 0.1) is 6.10 Å². The second kappa shape index (κ2) is 6.39. The molecule has 2 aliphatic rings. The zero-order valence-corrected chi connectivity index (χ0v) is 13.5. The molecule has 3 rings (SSSR count). The Morgan fingerprint density at radius 1 is 1.10 bits per heavy atom. The van der Waals surface area contributed by atoms with Gasteiger partial charge in [-0.25, -0.2) is 0 Å². The van der Waals surface area contributed by atoms with Gasteiger partial charge in [0.2, 0.25) is 6.29 Å². The van der Waals surface area contributed by atoms with Crippen LogP contribution in [0.15, 0.2) is 24.3 Å². The van der Waals surface area contributed by atoms with E-state index in [2.05, 4.69) is 45.0 Å². The topological polar surface area (TPSA) is 18.5 Å². The van der Waals surface area contributed by atoms with Crippen LogP contribution in [0.5, 0.6) is 5.75 Å². The fourth-order valence-electron chi connectivity index (χ4n) is 4.05. The number of hydrogen-bond donors (Lipinski definition) is 0. The van der Waals surface area contributed by atoms with Gasteiger partial charge in [-0.3, -0.25) is 0 Å². The smallest absolute Gasteiger partial charge is 0.203 e. The van der Waals surface area contributed by atoms with Crippen LogP contribution in [0.4, 0.5) is 0 Å². The first-order valence-corrected chi connectivity index (χ1v) is 8.56. The lowest BCUT2D eigenvalue weighted by atomic mass is 9.88. The van der Waals surface area contributed by atoms with Gasteiger partial charge in [0.1, 0.15) is 5.75 Å². The molecule has 2 aliphatic carbocycles. The zero-order chi connectivity index (χ0) is 14.8. The molecule has 21 heavy (non-hydrogen) atoms. The Hall–Kier alpha value is -1.02. The highest BCUT2D eigenvalue weighted by molar-refractivity contribution is 5.27. The highest BCUT2D eigenvalue weighted by Gasteiger charge is 2.44. The third-order valence-corrected chi connectivity index (χ3v) is 5.13. The van der Waals surface area contributed by atoms with Crippen molar-refractivity contribution in [2.45, 2.75) is 65.3 Å². The molecule has 1 aromatic carbocycles. The third-order valence-electron chi connectivity index (χ3n) is 5.13. The maximum Gasteiger partial charge on any atom is 0.203 e. The molecule has 0 radical (unpaired) electrons. The van der Waals surface area contributed by atoms with Gasteiger partial charge in [-0.05, 0) is 69.1 Å². The summed E-state index contributed by atoms with van der Waals surface area (Å²) >= 11 is 0. The van der Waals surface area contributed by atoms with Crippen molar-refractivity contribution in [3.8, 4) is 5.75 Å². The first-order valence-electron chi connectivity index (χ1n) is 8.56. The van der Waals surface area contributed by atoms with Crippen LogP contribution in [0.2, 0.25) is 0 Å². The largest absolute Gasteiger partial charge is 0.465 e. The van der Waals surface area contributed by atoms with Crippen molar-refractivity contribution >= 4 is 0 Å². The monoisotopic (exact) mass is 288 g/mol. The fourth-order valence-corrected chi connectivity index (χ4v) is 4.05. The van der Waals surface area contributed by atoms with E-state index in [0.29, 0.717) is 5.92 Å². The van der Waals surface area contributed by atoms with Gasteiger partial charge in [-0.2, -0.15) is 0 Å². The summed E-state index contributed by atoms with van der Waals surface area (Å²) in [6.07, 6.45) is 6.66. The lowest BCUT2D eigenvalue weighted by Crippen LogP contribution is -2.35. The average molecular weight is 288 g/mol. The van der Waals surface area contributed by atoms with E-state index in [1.807, 2.05) is 0 Å². The summed E-state index contributed by atoms with van der Waals surface area (Å²) in [6.45, 7) is 6.38. The van der Waals surface area contributed by atoms with Crippen LogP contribution in [0.3, 0.4) is 0 Å². The van der Waals surface area contributed by atoms with Gasteiger partial charge in [0.25, 0.3) is 0 Å². The molecule has 0 N–H and O–H groups in total. The Bertz CT molecular complexity index is 451. The van der Waals surface area contributed by atoms with E-state index in [-0.39, 0.29) is 12.4 Å². The van der Waals surface area contributed by atoms with Gasteiger partial charge in [0.15, 0.2) is 0 Å². The first kappa shape index (κ1) is 14.9. The first-order chi connectivity index (χ1) is 10.2. The molecule has 0 heterocycles. The van der Waals surface area contributed by atoms with Gasteiger partial charge < -0.3 is 9.47 Å². The van der Waals surface area contributed by atoms with Crippen LogP contribution >= 0.6 is 0 Å². The minimum absolute atomic E-state index is 0.0761. The molecule has 4 atom stereocenters. The minimum atomic E-state index is -0.0761. The summed E-state index contributed by atoms with van der Waals surface area (Å²) in [7, 11) is 0. The van der Waals surface area contributed by atoms with Crippen molar-refractivity contribution in [3.05, 3.63) is 29.8 Å². The van der Waals surface area contributed by atoms with Crippen LogP contribution in [0, 0.1) is 17.8 Å². The van der Waals surface area contributed by atoms with Crippen LogP contribution in [-0.2, 0) is 11.2 Å². The second-order valence-corrected chi connectivity index (χ2v) is 7.01. The third kappa shape index (κ3) is 3.42. The van der Waals surface area contributed by atoms with E-state index in [1.165, 1.54) is 31.2 Å². The average Bonchev–Trinajstić information content (AvgIpc) is 3.09. The molecule has 2 fully saturated rings. The lowest BCUT2D eigenvalue weighted by molar-refractivity contribution is -0.149. The van der Waals surface area contributed by atoms with Crippen molar-refractivity contribution < 1.29 is 9.47 Å². The quantitative estimate of drug-likeness (QED) is 0.699. The molecule has 0 aromatic heterocycles. The summed E-state index contributed by atoms with van der Waals surface area (Å²) in [6, 6.07) is 8.48. The Morgan fingerprint density at radius 3 is 2.38 bits per heavy atom. The molecule has 2 nitrogen and oxygen atoms in total. The maximum atomic E-state index is 6.24. The lowest BCUT2D eigenvalue weighted by Gasteiger charge is -2.32. The maximum absolute atomic E-state index is 6.24. The van der Waals surface area contributed by atoms with Gasteiger partial charge in [0, 0.05) is 5.92 Å². The highest BCUT2D eigenvalue weighted by atomic mass is 16.7. The summed E-state index contributed by atoms with van der Waals surface area (Å²) < 4.78 is 12.4. The molecule has 0 aliphatic heterocycles. The minimum Gasteiger partial charge on any atom is -0.465 e. The Morgan fingerprint density at radius 2 is 1.86 bits per heavy atom. The number of rotatable bonds is 6. The molecular formula is C19H28O2. The molecule has 2 heteroatoms. The Kier molecular flexibility index (Phi) is 4.54. The number of ether oxygens (including phenoxy) is 2. The molecule has 2 saturated carbocycles. The predicted octanol–water partition coefficient (Wildman–Crippen LogP) is 4.82.